The van der Waals surface area contributed by atoms with Crippen LogP contribution in [-0.4, -0.2) is 32.3 Å². The Bertz CT molecular complexity index is 719. The van der Waals surface area contributed by atoms with Crippen LogP contribution in [0, 0.1) is 11.7 Å². The Morgan fingerprint density at radius 1 is 1.21 bits per heavy atom. The standard InChI is InChI=1S/C18H21FN4O/c19-16-7-3-14(4-8-16)10-22(9-13-1-2-13)18(24)12-23-11-17(20-21-23)15-5-6-15/h3-4,7-8,11,13,15H,1-2,5-6,9-10,12H2. The van der Waals surface area contributed by atoms with Crippen molar-refractivity contribution in [1.82, 2.24) is 19.9 Å². The largest absolute Gasteiger partial charge is 0.336 e. The zero-order valence-electron chi connectivity index (χ0n) is 13.6. The first-order chi connectivity index (χ1) is 11.7. The smallest absolute Gasteiger partial charge is 0.244 e. The van der Waals surface area contributed by atoms with E-state index in [1.807, 2.05) is 11.1 Å². The zero-order valence-corrected chi connectivity index (χ0v) is 13.6. The average molecular weight is 328 g/mol. The van der Waals surface area contributed by atoms with Crippen LogP contribution in [0.2, 0.25) is 0 Å². The molecule has 2 aromatic rings. The summed E-state index contributed by atoms with van der Waals surface area (Å²) in [7, 11) is 0. The van der Waals surface area contributed by atoms with E-state index in [0.717, 1.165) is 17.8 Å². The Morgan fingerprint density at radius 3 is 2.62 bits per heavy atom. The van der Waals surface area contributed by atoms with Crippen molar-refractivity contribution < 1.29 is 9.18 Å². The second kappa shape index (κ2) is 6.34. The minimum absolute atomic E-state index is 0.0403. The Hall–Kier alpha value is -2.24. The molecule has 2 fully saturated rings. The number of carbonyl (C=O) groups is 1. The number of carbonyl (C=O) groups excluding carboxylic acids is 1. The molecule has 4 rings (SSSR count). The molecule has 0 saturated heterocycles. The monoisotopic (exact) mass is 328 g/mol. The first-order valence-corrected chi connectivity index (χ1v) is 8.59. The third-order valence-electron chi connectivity index (χ3n) is 4.66. The number of nitrogens with zero attached hydrogens (tertiary/aromatic N) is 4. The van der Waals surface area contributed by atoms with Crippen LogP contribution in [0.1, 0.15) is 42.9 Å². The molecule has 1 heterocycles. The third kappa shape index (κ3) is 3.80. The number of rotatable bonds is 7. The van der Waals surface area contributed by atoms with Crippen LogP contribution in [0.5, 0.6) is 0 Å². The van der Waals surface area contributed by atoms with Crippen LogP contribution < -0.4 is 0 Å². The molecule has 126 valence electrons. The topological polar surface area (TPSA) is 51.0 Å². The molecule has 0 aliphatic heterocycles. The Kier molecular flexibility index (Phi) is 4.04. The molecule has 0 atom stereocenters. The minimum Gasteiger partial charge on any atom is -0.336 e. The van der Waals surface area contributed by atoms with Gasteiger partial charge in [-0.05, 0) is 49.3 Å². The highest BCUT2D eigenvalue weighted by Crippen LogP contribution is 2.38. The van der Waals surface area contributed by atoms with Gasteiger partial charge in [-0.2, -0.15) is 0 Å². The summed E-state index contributed by atoms with van der Waals surface area (Å²) in [5.74, 6) is 0.926. The highest BCUT2D eigenvalue weighted by atomic mass is 19.1. The maximum absolute atomic E-state index is 13.1. The van der Waals surface area contributed by atoms with Gasteiger partial charge >= 0.3 is 0 Å². The molecular weight excluding hydrogens is 307 g/mol. The van der Waals surface area contributed by atoms with Crippen molar-refractivity contribution in [3.05, 3.63) is 47.5 Å². The van der Waals surface area contributed by atoms with Crippen LogP contribution in [0.25, 0.3) is 0 Å². The van der Waals surface area contributed by atoms with E-state index < -0.39 is 0 Å². The molecule has 0 bridgehead atoms. The summed E-state index contributed by atoms with van der Waals surface area (Å²) in [6.45, 7) is 1.49. The van der Waals surface area contributed by atoms with Crippen molar-refractivity contribution >= 4 is 5.91 Å². The molecule has 1 aromatic heterocycles. The Balaban J connectivity index is 1.42. The molecule has 1 amide bonds. The summed E-state index contributed by atoms with van der Waals surface area (Å²) < 4.78 is 14.7. The zero-order chi connectivity index (χ0) is 16.5. The summed E-state index contributed by atoms with van der Waals surface area (Å²) in [4.78, 5) is 14.6. The summed E-state index contributed by atoms with van der Waals surface area (Å²) in [6, 6.07) is 6.36. The van der Waals surface area contributed by atoms with Crippen LogP contribution in [0.15, 0.2) is 30.5 Å². The van der Waals surface area contributed by atoms with E-state index in [9.17, 15) is 9.18 Å². The van der Waals surface area contributed by atoms with Crippen molar-refractivity contribution in [2.45, 2.75) is 44.7 Å². The average Bonchev–Trinajstić information content (AvgIpc) is 3.50. The van der Waals surface area contributed by atoms with E-state index in [1.165, 1.54) is 37.8 Å². The van der Waals surface area contributed by atoms with Crippen molar-refractivity contribution in [3.63, 3.8) is 0 Å². The molecule has 0 N–H and O–H groups in total. The summed E-state index contributed by atoms with van der Waals surface area (Å²) in [5.41, 5.74) is 1.94. The van der Waals surface area contributed by atoms with Gasteiger partial charge in [0.05, 0.1) is 5.69 Å². The fraction of sp³-hybridized carbons (Fsp3) is 0.500. The van der Waals surface area contributed by atoms with Crippen LogP contribution >= 0.6 is 0 Å². The van der Waals surface area contributed by atoms with Gasteiger partial charge in [0.15, 0.2) is 0 Å². The van der Waals surface area contributed by atoms with E-state index >= 15 is 0 Å². The number of hydrogen-bond donors (Lipinski definition) is 0. The van der Waals surface area contributed by atoms with Gasteiger partial charge in [0.25, 0.3) is 0 Å². The lowest BCUT2D eigenvalue weighted by Gasteiger charge is -2.22. The van der Waals surface area contributed by atoms with Crippen molar-refractivity contribution in [2.24, 2.45) is 5.92 Å². The molecule has 0 spiro atoms. The van der Waals surface area contributed by atoms with Gasteiger partial charge in [-0.15, -0.1) is 5.10 Å². The quantitative estimate of drug-likeness (QED) is 0.785. The first kappa shape index (κ1) is 15.3. The van der Waals surface area contributed by atoms with Gasteiger partial charge in [-0.1, -0.05) is 17.3 Å². The Labute approximate surface area is 140 Å². The fourth-order valence-corrected chi connectivity index (χ4v) is 2.87. The summed E-state index contributed by atoms with van der Waals surface area (Å²) in [5, 5.41) is 8.24. The van der Waals surface area contributed by atoms with Crippen LogP contribution in [0.3, 0.4) is 0 Å². The van der Waals surface area contributed by atoms with E-state index in [4.69, 9.17) is 0 Å². The van der Waals surface area contributed by atoms with Gasteiger partial charge in [-0.3, -0.25) is 4.79 Å². The van der Waals surface area contributed by atoms with Crippen molar-refractivity contribution in [2.75, 3.05) is 6.54 Å². The van der Waals surface area contributed by atoms with Crippen LogP contribution in [-0.2, 0) is 17.9 Å². The molecule has 2 saturated carbocycles. The lowest BCUT2D eigenvalue weighted by Crippen LogP contribution is -2.35. The fourth-order valence-electron chi connectivity index (χ4n) is 2.87. The predicted molar refractivity (Wildman–Crippen MR) is 86.5 cm³/mol. The highest BCUT2D eigenvalue weighted by Gasteiger charge is 2.29. The number of halogens is 1. The van der Waals surface area contributed by atoms with E-state index in [0.29, 0.717) is 18.4 Å². The molecule has 2 aliphatic rings. The van der Waals surface area contributed by atoms with Gasteiger partial charge in [0, 0.05) is 25.2 Å². The molecule has 5 nitrogen and oxygen atoms in total. The molecule has 0 radical (unpaired) electrons. The normalized spacial score (nSPS) is 17.0. The third-order valence-corrected chi connectivity index (χ3v) is 4.66. The van der Waals surface area contributed by atoms with Crippen molar-refractivity contribution in [1.29, 1.82) is 0 Å². The molecule has 6 heteroatoms. The van der Waals surface area contributed by atoms with E-state index in [2.05, 4.69) is 10.3 Å². The van der Waals surface area contributed by atoms with Gasteiger partial charge in [0.2, 0.25) is 5.91 Å². The summed E-state index contributed by atoms with van der Waals surface area (Å²) in [6.07, 6.45) is 6.60. The molecule has 2 aliphatic carbocycles. The second-order valence-electron chi connectivity index (χ2n) is 6.96. The van der Waals surface area contributed by atoms with Gasteiger partial charge in [-0.25, -0.2) is 9.07 Å². The number of hydrogen-bond acceptors (Lipinski definition) is 3. The second-order valence-corrected chi connectivity index (χ2v) is 6.96. The number of benzene rings is 1. The van der Waals surface area contributed by atoms with Gasteiger partial charge < -0.3 is 4.90 Å². The lowest BCUT2D eigenvalue weighted by atomic mass is 10.2. The van der Waals surface area contributed by atoms with Crippen LogP contribution in [0.4, 0.5) is 4.39 Å². The predicted octanol–water partition coefficient (Wildman–Crippen LogP) is 2.73. The number of amides is 1. The minimum atomic E-state index is -0.256. The van der Waals surface area contributed by atoms with Crippen molar-refractivity contribution in [3.8, 4) is 0 Å². The SMILES string of the molecule is O=C(Cn1cc(C2CC2)nn1)N(Cc1ccc(F)cc1)CC1CC1. The molecule has 1 aromatic carbocycles. The van der Waals surface area contributed by atoms with E-state index in [-0.39, 0.29) is 18.3 Å². The molecular formula is C18H21FN4O. The highest BCUT2D eigenvalue weighted by molar-refractivity contribution is 5.76. The maximum atomic E-state index is 13.1. The number of aromatic nitrogens is 3. The maximum Gasteiger partial charge on any atom is 0.244 e. The summed E-state index contributed by atoms with van der Waals surface area (Å²) >= 11 is 0. The van der Waals surface area contributed by atoms with E-state index in [1.54, 1.807) is 16.8 Å². The van der Waals surface area contributed by atoms with Gasteiger partial charge in [0.1, 0.15) is 12.4 Å². The lowest BCUT2D eigenvalue weighted by molar-refractivity contribution is -0.133. The molecule has 24 heavy (non-hydrogen) atoms. The molecule has 0 unspecified atom stereocenters. The Morgan fingerprint density at radius 2 is 1.96 bits per heavy atom. The first-order valence-electron chi connectivity index (χ1n) is 8.59.